The van der Waals surface area contributed by atoms with Crippen molar-refractivity contribution in [2.75, 3.05) is 11.9 Å². The average molecular weight is 337 g/mol. The van der Waals surface area contributed by atoms with Crippen LogP contribution >= 0.6 is 15.9 Å². The first-order valence-corrected chi connectivity index (χ1v) is 6.78. The quantitative estimate of drug-likeness (QED) is 0.647. The smallest absolute Gasteiger partial charge is 0.292 e. The molecule has 0 amide bonds. The zero-order valence-electron chi connectivity index (χ0n) is 10.5. The van der Waals surface area contributed by atoms with Gasteiger partial charge in [0, 0.05) is 17.1 Å². The van der Waals surface area contributed by atoms with E-state index in [1.54, 1.807) is 12.1 Å². The molecule has 0 aromatic heterocycles. The van der Waals surface area contributed by atoms with Crippen LogP contribution in [0, 0.1) is 10.1 Å². The molecule has 104 valence electrons. The summed E-state index contributed by atoms with van der Waals surface area (Å²) in [5.41, 5.74) is 1.12. The molecule has 0 heterocycles. The van der Waals surface area contributed by atoms with Gasteiger partial charge in [-0.2, -0.15) is 0 Å². The van der Waals surface area contributed by atoms with Crippen molar-refractivity contribution >= 4 is 27.3 Å². The number of hydrogen-bond donors (Lipinski definition) is 2. The third-order valence-electron chi connectivity index (χ3n) is 2.83. The van der Waals surface area contributed by atoms with Crippen molar-refractivity contribution in [3.8, 4) is 0 Å². The summed E-state index contributed by atoms with van der Waals surface area (Å²) in [6.07, 6.45) is -0.727. The predicted octanol–water partition coefficient (Wildman–Crippen LogP) is 3.50. The van der Waals surface area contributed by atoms with Gasteiger partial charge in [-0.05, 0) is 17.7 Å². The van der Waals surface area contributed by atoms with E-state index in [2.05, 4.69) is 21.2 Å². The Kier molecular flexibility index (Phi) is 4.70. The second-order valence-corrected chi connectivity index (χ2v) is 5.14. The highest BCUT2D eigenvalue weighted by Crippen LogP contribution is 2.28. The minimum atomic E-state index is -0.727. The lowest BCUT2D eigenvalue weighted by molar-refractivity contribution is -0.384. The molecule has 2 rings (SSSR count). The van der Waals surface area contributed by atoms with Gasteiger partial charge in [0.25, 0.3) is 5.69 Å². The van der Waals surface area contributed by atoms with Crippen LogP contribution in [0.4, 0.5) is 11.4 Å². The summed E-state index contributed by atoms with van der Waals surface area (Å²) in [6, 6.07) is 13.8. The van der Waals surface area contributed by atoms with E-state index >= 15 is 0 Å². The van der Waals surface area contributed by atoms with E-state index in [-0.39, 0.29) is 12.2 Å². The maximum Gasteiger partial charge on any atom is 0.292 e. The maximum absolute atomic E-state index is 10.9. The van der Waals surface area contributed by atoms with E-state index in [4.69, 9.17) is 0 Å². The Labute approximate surface area is 124 Å². The molecule has 0 spiro atoms. The molecular formula is C14H13BrN2O3. The Morgan fingerprint density at radius 2 is 1.95 bits per heavy atom. The summed E-state index contributed by atoms with van der Waals surface area (Å²) in [5, 5.41) is 23.9. The number of rotatable bonds is 5. The van der Waals surface area contributed by atoms with Crippen LogP contribution in [-0.2, 0) is 0 Å². The second-order valence-electron chi connectivity index (χ2n) is 4.23. The first kappa shape index (κ1) is 14.5. The van der Waals surface area contributed by atoms with Crippen molar-refractivity contribution in [1.82, 2.24) is 0 Å². The van der Waals surface area contributed by atoms with Gasteiger partial charge in [0.1, 0.15) is 5.69 Å². The summed E-state index contributed by atoms with van der Waals surface area (Å²) in [7, 11) is 0. The van der Waals surface area contributed by atoms with E-state index in [1.807, 2.05) is 30.3 Å². The molecule has 2 aromatic rings. The van der Waals surface area contributed by atoms with Crippen LogP contribution in [0.2, 0.25) is 0 Å². The number of aliphatic hydroxyl groups is 1. The summed E-state index contributed by atoms with van der Waals surface area (Å²) >= 11 is 3.27. The number of nitro groups is 1. The van der Waals surface area contributed by atoms with Gasteiger partial charge in [0.2, 0.25) is 0 Å². The van der Waals surface area contributed by atoms with Crippen molar-refractivity contribution in [1.29, 1.82) is 0 Å². The Bertz CT molecular complexity index is 605. The fourth-order valence-electron chi connectivity index (χ4n) is 1.81. The Morgan fingerprint density at radius 1 is 1.25 bits per heavy atom. The predicted molar refractivity (Wildman–Crippen MR) is 80.7 cm³/mol. The largest absolute Gasteiger partial charge is 0.387 e. The minimum Gasteiger partial charge on any atom is -0.387 e. The van der Waals surface area contributed by atoms with Gasteiger partial charge in [-0.1, -0.05) is 46.3 Å². The summed E-state index contributed by atoms with van der Waals surface area (Å²) < 4.78 is 0.736. The summed E-state index contributed by atoms with van der Waals surface area (Å²) in [4.78, 5) is 10.5. The standard InChI is InChI=1S/C14H13BrN2O3/c15-11-6-7-13(17(19)20)12(8-11)16-9-14(18)10-4-2-1-3-5-10/h1-8,14,16,18H,9H2. The molecule has 0 aliphatic heterocycles. The third-order valence-corrected chi connectivity index (χ3v) is 3.32. The number of aliphatic hydroxyl groups excluding tert-OH is 1. The first-order valence-electron chi connectivity index (χ1n) is 5.99. The number of nitrogens with one attached hydrogen (secondary N) is 1. The molecule has 0 radical (unpaired) electrons. The summed E-state index contributed by atoms with van der Waals surface area (Å²) in [6.45, 7) is 0.196. The van der Waals surface area contributed by atoms with Crippen molar-refractivity contribution in [2.24, 2.45) is 0 Å². The van der Waals surface area contributed by atoms with Gasteiger partial charge >= 0.3 is 0 Å². The van der Waals surface area contributed by atoms with Crippen LogP contribution in [0.5, 0.6) is 0 Å². The summed E-state index contributed by atoms with van der Waals surface area (Å²) in [5.74, 6) is 0. The molecule has 0 bridgehead atoms. The number of hydrogen-bond acceptors (Lipinski definition) is 4. The van der Waals surface area contributed by atoms with Crippen LogP contribution in [-0.4, -0.2) is 16.6 Å². The van der Waals surface area contributed by atoms with E-state index in [1.165, 1.54) is 6.07 Å². The highest BCUT2D eigenvalue weighted by molar-refractivity contribution is 9.10. The molecule has 0 aliphatic carbocycles. The number of nitrogens with zero attached hydrogens (tertiary/aromatic N) is 1. The van der Waals surface area contributed by atoms with E-state index in [9.17, 15) is 15.2 Å². The number of anilines is 1. The normalized spacial score (nSPS) is 11.9. The maximum atomic E-state index is 10.9. The van der Waals surface area contributed by atoms with Gasteiger partial charge in [0.05, 0.1) is 11.0 Å². The molecule has 6 heteroatoms. The molecule has 0 aliphatic rings. The molecule has 2 N–H and O–H groups in total. The number of halogens is 1. The Hall–Kier alpha value is -1.92. The highest BCUT2D eigenvalue weighted by Gasteiger charge is 2.15. The molecule has 20 heavy (non-hydrogen) atoms. The topological polar surface area (TPSA) is 75.4 Å². The first-order chi connectivity index (χ1) is 9.58. The average Bonchev–Trinajstić information content (AvgIpc) is 2.45. The van der Waals surface area contributed by atoms with Crippen LogP contribution in [0.3, 0.4) is 0 Å². The molecule has 0 fully saturated rings. The van der Waals surface area contributed by atoms with Crippen LogP contribution < -0.4 is 5.32 Å². The van der Waals surface area contributed by atoms with Crippen LogP contribution in [0.15, 0.2) is 53.0 Å². The van der Waals surface area contributed by atoms with Gasteiger partial charge in [0.15, 0.2) is 0 Å². The fourth-order valence-corrected chi connectivity index (χ4v) is 2.17. The lowest BCUT2D eigenvalue weighted by atomic mass is 10.1. The third kappa shape index (κ3) is 3.55. The molecule has 5 nitrogen and oxygen atoms in total. The zero-order valence-corrected chi connectivity index (χ0v) is 12.1. The van der Waals surface area contributed by atoms with Gasteiger partial charge in [-0.15, -0.1) is 0 Å². The highest BCUT2D eigenvalue weighted by atomic mass is 79.9. The number of nitro benzene ring substituents is 1. The monoisotopic (exact) mass is 336 g/mol. The van der Waals surface area contributed by atoms with Gasteiger partial charge < -0.3 is 10.4 Å². The van der Waals surface area contributed by atoms with Crippen molar-refractivity contribution in [3.05, 3.63) is 68.7 Å². The lowest BCUT2D eigenvalue weighted by Crippen LogP contribution is -2.13. The zero-order chi connectivity index (χ0) is 14.5. The van der Waals surface area contributed by atoms with Crippen molar-refractivity contribution in [2.45, 2.75) is 6.10 Å². The fraction of sp³-hybridized carbons (Fsp3) is 0.143. The minimum absolute atomic E-state index is 0.0199. The van der Waals surface area contributed by atoms with Gasteiger partial charge in [-0.25, -0.2) is 0 Å². The van der Waals surface area contributed by atoms with E-state index in [0.717, 1.165) is 10.0 Å². The molecule has 0 saturated carbocycles. The molecule has 0 saturated heterocycles. The molecule has 1 atom stereocenters. The van der Waals surface area contributed by atoms with E-state index < -0.39 is 11.0 Å². The Morgan fingerprint density at radius 3 is 2.60 bits per heavy atom. The molecular weight excluding hydrogens is 324 g/mol. The van der Waals surface area contributed by atoms with Crippen molar-refractivity contribution < 1.29 is 10.0 Å². The number of benzene rings is 2. The van der Waals surface area contributed by atoms with Crippen molar-refractivity contribution in [3.63, 3.8) is 0 Å². The SMILES string of the molecule is O=[N+]([O-])c1ccc(Br)cc1NCC(O)c1ccccc1. The van der Waals surface area contributed by atoms with Crippen LogP contribution in [0.1, 0.15) is 11.7 Å². The Balaban J connectivity index is 2.11. The van der Waals surface area contributed by atoms with Gasteiger partial charge in [-0.3, -0.25) is 10.1 Å². The van der Waals surface area contributed by atoms with Crippen LogP contribution in [0.25, 0.3) is 0 Å². The lowest BCUT2D eigenvalue weighted by Gasteiger charge is -2.13. The molecule has 1 unspecified atom stereocenters. The van der Waals surface area contributed by atoms with E-state index in [0.29, 0.717) is 5.69 Å². The second kappa shape index (κ2) is 6.49. The molecule has 2 aromatic carbocycles.